The Morgan fingerprint density at radius 1 is 0.534 bits per heavy atom. The summed E-state index contributed by atoms with van der Waals surface area (Å²) in [5, 5.41) is 12.1. The van der Waals surface area contributed by atoms with Gasteiger partial charge in [0.15, 0.2) is 5.58 Å². The molecule has 8 aromatic carbocycles. The fourth-order valence-corrected chi connectivity index (χ4v) is 11.0. The Hall–Kier alpha value is -7.00. The van der Waals surface area contributed by atoms with Gasteiger partial charge in [-0.05, 0) is 95.0 Å². The molecule has 58 heavy (non-hydrogen) atoms. The minimum atomic E-state index is 0.121. The van der Waals surface area contributed by atoms with E-state index in [0.717, 1.165) is 44.4 Å². The molecule has 1 aliphatic rings. The summed E-state index contributed by atoms with van der Waals surface area (Å²) in [7, 11) is 0. The molecule has 2 unspecified atom stereocenters. The number of thiophene rings is 1. The molecule has 0 spiro atoms. The summed E-state index contributed by atoms with van der Waals surface area (Å²) in [6.07, 6.45) is 14.8. The van der Waals surface area contributed by atoms with Gasteiger partial charge < -0.3 is 4.42 Å². The summed E-state index contributed by atoms with van der Waals surface area (Å²) < 4.78 is 9.05. The number of hydrogen-bond acceptors (Lipinski definition) is 2. The summed E-state index contributed by atoms with van der Waals surface area (Å²) in [5.41, 5.74) is 11.1. The van der Waals surface area contributed by atoms with Crippen molar-refractivity contribution in [3.8, 4) is 22.3 Å². The number of fused-ring (bicyclic) bond motifs is 12. The van der Waals surface area contributed by atoms with Crippen LogP contribution in [0.4, 0.5) is 0 Å². The van der Waals surface area contributed by atoms with Crippen LogP contribution in [0.1, 0.15) is 16.7 Å². The first-order valence-electron chi connectivity index (χ1n) is 19.8. The van der Waals surface area contributed by atoms with E-state index in [1.165, 1.54) is 74.6 Å². The first-order valence-corrected chi connectivity index (χ1v) is 20.6. The van der Waals surface area contributed by atoms with Gasteiger partial charge in [-0.1, -0.05) is 165 Å². The molecule has 10 aromatic rings. The molecule has 0 aliphatic heterocycles. The molecule has 1 nitrogen and oxygen atoms in total. The maximum atomic E-state index is 6.64. The van der Waals surface area contributed by atoms with Crippen molar-refractivity contribution in [3.05, 3.63) is 201 Å². The maximum Gasteiger partial charge on any atom is 0.153 e. The van der Waals surface area contributed by atoms with Crippen LogP contribution in [0.15, 0.2) is 189 Å². The van der Waals surface area contributed by atoms with Crippen LogP contribution in [0.5, 0.6) is 0 Å². The van der Waals surface area contributed by atoms with Gasteiger partial charge in [-0.3, -0.25) is 0 Å². The number of benzene rings is 8. The van der Waals surface area contributed by atoms with Crippen molar-refractivity contribution >= 4 is 103 Å². The Morgan fingerprint density at radius 3 is 1.78 bits per heavy atom. The molecule has 274 valence electrons. The van der Waals surface area contributed by atoms with Crippen molar-refractivity contribution in [3.63, 3.8) is 0 Å². The molecular weight excluding hydrogens is 721 g/mol. The highest BCUT2D eigenvalue weighted by atomic mass is 32.1. The molecule has 0 amide bonds. The third-order valence-corrected chi connectivity index (χ3v) is 13.5. The van der Waals surface area contributed by atoms with Crippen molar-refractivity contribution < 1.29 is 4.42 Å². The van der Waals surface area contributed by atoms with Crippen LogP contribution in [-0.4, -0.2) is 0 Å². The average Bonchev–Trinajstić information content (AvgIpc) is 3.87. The number of hydrogen-bond donors (Lipinski definition) is 0. The highest BCUT2D eigenvalue weighted by Crippen LogP contribution is 2.50. The van der Waals surface area contributed by atoms with E-state index in [-0.39, 0.29) is 11.8 Å². The smallest absolute Gasteiger partial charge is 0.153 e. The Morgan fingerprint density at radius 2 is 1.12 bits per heavy atom. The van der Waals surface area contributed by atoms with Crippen LogP contribution in [0, 0.1) is 11.8 Å². The molecule has 2 aromatic heterocycles. The predicted molar refractivity (Wildman–Crippen MR) is 255 cm³/mol. The zero-order valence-corrected chi connectivity index (χ0v) is 32.8. The molecule has 0 saturated heterocycles. The fraction of sp³-hybridized carbons (Fsp3) is 0.0357. The Kier molecular flexibility index (Phi) is 7.86. The number of rotatable bonds is 7. The lowest BCUT2D eigenvalue weighted by molar-refractivity contribution is 0.673. The highest BCUT2D eigenvalue weighted by molar-refractivity contribution is 7.26. The normalized spacial score (nSPS) is 15.6. The SMILES string of the molecule is C=Cc1c(-c2ccc3sc4c5oc6ccccc6c5c5ccccc5c4c3c2)ccc(-c2c3ccccc3c(C3=CC=CC(C=C)C3C=C)c3ccccc23)c1C=C. The molecule has 0 saturated carbocycles. The van der Waals surface area contributed by atoms with Crippen molar-refractivity contribution in [1.29, 1.82) is 0 Å². The van der Waals surface area contributed by atoms with Gasteiger partial charge in [0.25, 0.3) is 0 Å². The van der Waals surface area contributed by atoms with Gasteiger partial charge in [0, 0.05) is 38.1 Å². The number of para-hydroxylation sites is 1. The molecule has 2 heterocycles. The van der Waals surface area contributed by atoms with Gasteiger partial charge in [-0.25, -0.2) is 0 Å². The molecule has 2 heteroatoms. The largest absolute Gasteiger partial charge is 0.455 e. The van der Waals surface area contributed by atoms with Crippen LogP contribution in [0.2, 0.25) is 0 Å². The summed E-state index contributed by atoms with van der Waals surface area (Å²) in [6, 6.07) is 46.3. The number of furan rings is 1. The van der Waals surface area contributed by atoms with E-state index in [2.05, 4.69) is 172 Å². The van der Waals surface area contributed by atoms with E-state index in [1.54, 1.807) is 0 Å². The van der Waals surface area contributed by atoms with E-state index in [1.807, 2.05) is 35.6 Å². The van der Waals surface area contributed by atoms with Crippen LogP contribution < -0.4 is 0 Å². The van der Waals surface area contributed by atoms with Crippen molar-refractivity contribution in [1.82, 2.24) is 0 Å². The first-order chi connectivity index (χ1) is 28.6. The van der Waals surface area contributed by atoms with Crippen LogP contribution in [0.25, 0.3) is 114 Å². The monoisotopic (exact) mass is 758 g/mol. The van der Waals surface area contributed by atoms with E-state index in [0.29, 0.717) is 0 Å². The lowest BCUT2D eigenvalue weighted by atomic mass is 9.75. The Balaban J connectivity index is 1.15. The van der Waals surface area contributed by atoms with E-state index >= 15 is 0 Å². The third kappa shape index (κ3) is 4.82. The highest BCUT2D eigenvalue weighted by Gasteiger charge is 2.27. The summed E-state index contributed by atoms with van der Waals surface area (Å²) in [6.45, 7) is 17.3. The van der Waals surface area contributed by atoms with Crippen LogP contribution in [-0.2, 0) is 0 Å². The molecular formula is C56H38OS. The Bertz CT molecular complexity index is 3430. The maximum absolute atomic E-state index is 6.64. The molecule has 0 radical (unpaired) electrons. The van der Waals surface area contributed by atoms with Gasteiger partial charge in [-0.15, -0.1) is 24.5 Å². The quantitative estimate of drug-likeness (QED) is 0.117. The molecule has 2 atom stereocenters. The third-order valence-electron chi connectivity index (χ3n) is 12.4. The lowest BCUT2D eigenvalue weighted by Crippen LogP contribution is -2.13. The van der Waals surface area contributed by atoms with Crippen molar-refractivity contribution in [2.24, 2.45) is 11.8 Å². The lowest BCUT2D eigenvalue weighted by Gasteiger charge is -2.28. The second kappa shape index (κ2) is 13.3. The van der Waals surface area contributed by atoms with Crippen molar-refractivity contribution in [2.75, 3.05) is 0 Å². The standard InChI is InChI=1S/C56H38OS/c1-5-33-18-17-26-39(35(33)6-2)51-40-19-9-11-21-42(40)52(43-22-12-10-20-41(43)51)46-30-29-38(36(7-3)37(46)8-4)34-28-31-50-48(32-34)54-45-24-14-13-23-44(45)53-47-25-15-16-27-49(47)57-55(53)56(54)58-50/h5-33,35H,1-4H2. The first kappa shape index (κ1) is 34.3. The minimum Gasteiger partial charge on any atom is -0.455 e. The topological polar surface area (TPSA) is 13.1 Å². The van der Waals surface area contributed by atoms with Crippen LogP contribution in [0.3, 0.4) is 0 Å². The van der Waals surface area contributed by atoms with E-state index < -0.39 is 0 Å². The zero-order valence-electron chi connectivity index (χ0n) is 32.0. The zero-order chi connectivity index (χ0) is 39.1. The second-order valence-corrected chi connectivity index (χ2v) is 16.2. The summed E-state index contributed by atoms with van der Waals surface area (Å²) >= 11 is 1.81. The second-order valence-electron chi connectivity index (χ2n) is 15.2. The summed E-state index contributed by atoms with van der Waals surface area (Å²) in [5.74, 6) is 0.303. The minimum absolute atomic E-state index is 0.121. The molecule has 0 fully saturated rings. The van der Waals surface area contributed by atoms with Gasteiger partial charge in [0.2, 0.25) is 0 Å². The van der Waals surface area contributed by atoms with Gasteiger partial charge in [0.1, 0.15) is 5.58 Å². The molecule has 0 N–H and O–H groups in total. The van der Waals surface area contributed by atoms with E-state index in [9.17, 15) is 0 Å². The molecule has 11 rings (SSSR count). The van der Waals surface area contributed by atoms with Gasteiger partial charge in [-0.2, -0.15) is 0 Å². The van der Waals surface area contributed by atoms with Crippen LogP contribution >= 0.6 is 11.3 Å². The number of allylic oxidation sites excluding steroid dienone is 6. The Labute approximate surface area is 341 Å². The molecule has 0 bridgehead atoms. The van der Waals surface area contributed by atoms with Gasteiger partial charge in [0.05, 0.1) is 4.70 Å². The fourth-order valence-electron chi connectivity index (χ4n) is 9.84. The van der Waals surface area contributed by atoms with Gasteiger partial charge >= 0.3 is 0 Å². The van der Waals surface area contributed by atoms with E-state index in [4.69, 9.17) is 4.42 Å². The molecule has 1 aliphatic carbocycles. The predicted octanol–water partition coefficient (Wildman–Crippen LogP) is 16.6. The summed E-state index contributed by atoms with van der Waals surface area (Å²) in [4.78, 5) is 0. The average molecular weight is 759 g/mol. The van der Waals surface area contributed by atoms with Crippen molar-refractivity contribution in [2.45, 2.75) is 0 Å².